The van der Waals surface area contributed by atoms with Crippen molar-refractivity contribution >= 4 is 0 Å². The Kier molecular flexibility index (Phi) is 1.92. The van der Waals surface area contributed by atoms with Crippen LogP contribution in [0.5, 0.6) is 0 Å². The minimum absolute atomic E-state index is 0.705. The Hall–Kier alpha value is -0.820. The Morgan fingerprint density at radius 3 is 2.69 bits per heavy atom. The van der Waals surface area contributed by atoms with Crippen LogP contribution < -0.4 is 0 Å². The van der Waals surface area contributed by atoms with E-state index in [4.69, 9.17) is 0 Å². The van der Waals surface area contributed by atoms with Crippen molar-refractivity contribution in [2.75, 3.05) is 14.1 Å². The normalized spacial score (nSPS) is 24.4. The van der Waals surface area contributed by atoms with E-state index in [1.807, 2.05) is 0 Å². The van der Waals surface area contributed by atoms with Crippen LogP contribution in [-0.2, 0) is 6.54 Å². The van der Waals surface area contributed by atoms with Gasteiger partial charge in [-0.15, -0.1) is 0 Å². The molecule has 0 amide bonds. The lowest BCUT2D eigenvalue weighted by Gasteiger charge is -2.31. The average Bonchev–Trinajstić information content (AvgIpc) is 2.33. The Labute approximate surface area is 80.6 Å². The van der Waals surface area contributed by atoms with E-state index in [-0.39, 0.29) is 0 Å². The fourth-order valence-corrected chi connectivity index (χ4v) is 2.64. The molecule has 1 nitrogen and oxygen atoms in total. The third kappa shape index (κ3) is 1.28. The lowest BCUT2D eigenvalue weighted by Crippen LogP contribution is -2.36. The number of hydrogen-bond acceptors (Lipinski definition) is 0. The van der Waals surface area contributed by atoms with Gasteiger partial charge in [0.1, 0.15) is 12.6 Å². The van der Waals surface area contributed by atoms with Gasteiger partial charge in [0.25, 0.3) is 0 Å². The van der Waals surface area contributed by atoms with E-state index < -0.39 is 0 Å². The summed E-state index contributed by atoms with van der Waals surface area (Å²) >= 11 is 0. The molecule has 0 saturated heterocycles. The third-order valence-corrected chi connectivity index (χ3v) is 3.22. The summed E-state index contributed by atoms with van der Waals surface area (Å²) in [4.78, 5) is 0. The number of nitrogens with zero attached hydrogens (tertiary/aromatic N) is 1. The molecule has 1 heteroatoms. The molecule has 0 fully saturated rings. The van der Waals surface area contributed by atoms with Crippen molar-refractivity contribution in [1.82, 2.24) is 0 Å². The minimum atomic E-state index is 0.705. The first-order chi connectivity index (χ1) is 6.15. The van der Waals surface area contributed by atoms with E-state index in [1.54, 1.807) is 11.1 Å². The van der Waals surface area contributed by atoms with E-state index in [2.05, 4.69) is 45.3 Å². The molecule has 0 unspecified atom stereocenters. The van der Waals surface area contributed by atoms with E-state index in [9.17, 15) is 0 Å². The molecule has 0 saturated carbocycles. The lowest BCUT2D eigenvalue weighted by molar-refractivity contribution is -0.927. The molecule has 70 valence electrons. The van der Waals surface area contributed by atoms with Crippen molar-refractivity contribution in [3.63, 3.8) is 0 Å². The van der Waals surface area contributed by atoms with Gasteiger partial charge in [-0.3, -0.25) is 0 Å². The van der Waals surface area contributed by atoms with Crippen molar-refractivity contribution in [1.29, 1.82) is 0 Å². The zero-order valence-corrected chi connectivity index (χ0v) is 8.75. The summed E-state index contributed by atoms with van der Waals surface area (Å²) < 4.78 is 1.12. The van der Waals surface area contributed by atoms with Crippen LogP contribution in [0.3, 0.4) is 0 Å². The second-order valence-corrected chi connectivity index (χ2v) is 4.56. The fraction of sp³-hybridized carbons (Fsp3) is 0.500. The Morgan fingerprint density at radius 2 is 2.00 bits per heavy atom. The molecule has 0 bridgehead atoms. The number of fused-ring (bicyclic) bond motifs is 1. The van der Waals surface area contributed by atoms with Crippen LogP contribution in [0.2, 0.25) is 0 Å². The quantitative estimate of drug-likeness (QED) is 0.577. The second kappa shape index (κ2) is 2.85. The van der Waals surface area contributed by atoms with E-state index in [0.29, 0.717) is 6.04 Å². The summed E-state index contributed by atoms with van der Waals surface area (Å²) in [6.07, 6.45) is 1.24. The molecular formula is C12H18N+. The maximum absolute atomic E-state index is 2.33. The molecule has 1 aromatic carbocycles. The Balaban J connectivity index is 2.46. The Bertz CT molecular complexity index is 315. The number of benzene rings is 1. The molecule has 1 aliphatic rings. The van der Waals surface area contributed by atoms with Gasteiger partial charge in [-0.25, -0.2) is 0 Å². The standard InChI is InChI=1S/C12H18N/c1-4-12-11-8-6-5-7-10(11)9-13(12,2)3/h5-8,12H,4,9H2,1-3H3/q+1/t12-/m0/s1. The third-order valence-electron chi connectivity index (χ3n) is 3.22. The summed E-state index contributed by atoms with van der Waals surface area (Å²) in [5.74, 6) is 0. The van der Waals surface area contributed by atoms with Gasteiger partial charge >= 0.3 is 0 Å². The smallest absolute Gasteiger partial charge is 0.115 e. The highest BCUT2D eigenvalue weighted by Gasteiger charge is 2.36. The molecule has 0 N–H and O–H groups in total. The highest BCUT2D eigenvalue weighted by Crippen LogP contribution is 2.39. The van der Waals surface area contributed by atoms with Gasteiger partial charge in [-0.05, 0) is 0 Å². The summed E-state index contributed by atoms with van der Waals surface area (Å²) in [5.41, 5.74) is 3.11. The summed E-state index contributed by atoms with van der Waals surface area (Å²) in [6, 6.07) is 9.57. The zero-order chi connectivity index (χ0) is 9.47. The van der Waals surface area contributed by atoms with E-state index in [1.165, 1.54) is 13.0 Å². The largest absolute Gasteiger partial charge is 0.319 e. The highest BCUT2D eigenvalue weighted by atomic mass is 15.3. The molecule has 2 rings (SSSR count). The van der Waals surface area contributed by atoms with Crippen LogP contribution in [0.1, 0.15) is 30.5 Å². The second-order valence-electron chi connectivity index (χ2n) is 4.56. The molecule has 1 aromatic rings. The first-order valence-corrected chi connectivity index (χ1v) is 5.05. The maximum Gasteiger partial charge on any atom is 0.115 e. The van der Waals surface area contributed by atoms with E-state index >= 15 is 0 Å². The highest BCUT2D eigenvalue weighted by molar-refractivity contribution is 5.31. The van der Waals surface area contributed by atoms with Gasteiger partial charge < -0.3 is 4.48 Å². The SMILES string of the molecule is CC[C@H]1c2ccccc2C[N+]1(C)C. The van der Waals surface area contributed by atoms with Gasteiger partial charge in [0.05, 0.1) is 14.1 Å². The van der Waals surface area contributed by atoms with Gasteiger partial charge in [0, 0.05) is 17.5 Å². The van der Waals surface area contributed by atoms with Crippen molar-refractivity contribution in [2.24, 2.45) is 0 Å². The molecule has 0 radical (unpaired) electrons. The maximum atomic E-state index is 2.33. The van der Waals surface area contributed by atoms with Crippen molar-refractivity contribution < 1.29 is 4.48 Å². The number of quaternary nitrogens is 1. The summed E-state index contributed by atoms with van der Waals surface area (Å²) in [7, 11) is 4.66. The van der Waals surface area contributed by atoms with Gasteiger partial charge in [0.15, 0.2) is 0 Å². The minimum Gasteiger partial charge on any atom is -0.319 e. The Morgan fingerprint density at radius 1 is 1.31 bits per heavy atom. The van der Waals surface area contributed by atoms with Crippen LogP contribution in [0.25, 0.3) is 0 Å². The van der Waals surface area contributed by atoms with E-state index in [0.717, 1.165) is 4.48 Å². The van der Waals surface area contributed by atoms with Crippen LogP contribution in [-0.4, -0.2) is 18.6 Å². The summed E-state index contributed by atoms with van der Waals surface area (Å²) in [5, 5.41) is 0. The predicted octanol–water partition coefficient (Wildman–Crippen LogP) is 2.73. The van der Waals surface area contributed by atoms with Crippen LogP contribution in [0.4, 0.5) is 0 Å². The van der Waals surface area contributed by atoms with Gasteiger partial charge in [0.2, 0.25) is 0 Å². The lowest BCUT2D eigenvalue weighted by atomic mass is 10.0. The molecule has 0 aromatic heterocycles. The molecule has 1 heterocycles. The van der Waals surface area contributed by atoms with Crippen LogP contribution in [0, 0.1) is 0 Å². The molecule has 0 aliphatic carbocycles. The molecule has 1 atom stereocenters. The number of hydrogen-bond donors (Lipinski definition) is 0. The number of rotatable bonds is 1. The predicted molar refractivity (Wildman–Crippen MR) is 55.3 cm³/mol. The molecule has 1 aliphatic heterocycles. The first-order valence-electron chi connectivity index (χ1n) is 5.05. The van der Waals surface area contributed by atoms with Crippen LogP contribution in [0.15, 0.2) is 24.3 Å². The van der Waals surface area contributed by atoms with Crippen LogP contribution >= 0.6 is 0 Å². The van der Waals surface area contributed by atoms with Crippen molar-refractivity contribution in [3.05, 3.63) is 35.4 Å². The topological polar surface area (TPSA) is 0 Å². The van der Waals surface area contributed by atoms with Gasteiger partial charge in [-0.2, -0.15) is 0 Å². The van der Waals surface area contributed by atoms with Crippen molar-refractivity contribution in [2.45, 2.75) is 25.9 Å². The molecular weight excluding hydrogens is 158 g/mol. The van der Waals surface area contributed by atoms with Gasteiger partial charge in [-0.1, -0.05) is 31.2 Å². The molecule has 13 heavy (non-hydrogen) atoms. The molecule has 0 spiro atoms. The first kappa shape index (κ1) is 8.76. The van der Waals surface area contributed by atoms with Crippen molar-refractivity contribution in [3.8, 4) is 0 Å². The average molecular weight is 176 g/mol. The summed E-state index contributed by atoms with van der Waals surface area (Å²) in [6.45, 7) is 3.47. The monoisotopic (exact) mass is 176 g/mol. The fourth-order valence-electron chi connectivity index (χ4n) is 2.64. The zero-order valence-electron chi connectivity index (χ0n) is 8.75.